The lowest BCUT2D eigenvalue weighted by molar-refractivity contribution is -0.121. The van der Waals surface area contributed by atoms with Crippen molar-refractivity contribution in [2.75, 3.05) is 29.3 Å². The third kappa shape index (κ3) is 2.10. The third-order valence-corrected chi connectivity index (χ3v) is 3.14. The molecule has 2 amide bonds. The van der Waals surface area contributed by atoms with E-state index in [1.54, 1.807) is 25.2 Å². The molecule has 1 heterocycles. The van der Waals surface area contributed by atoms with Crippen LogP contribution in [0.3, 0.4) is 0 Å². The second kappa shape index (κ2) is 4.55. The SMILES string of the molecule is CN1C(=O)CN(C(=O)CCl)c2cc(Cl)ccc21. The van der Waals surface area contributed by atoms with E-state index in [9.17, 15) is 9.59 Å². The normalized spacial score (nSPS) is 14.9. The quantitative estimate of drug-likeness (QED) is 0.733. The van der Waals surface area contributed by atoms with Crippen molar-refractivity contribution in [2.24, 2.45) is 0 Å². The lowest BCUT2D eigenvalue weighted by Crippen LogP contribution is -2.47. The maximum atomic E-state index is 11.7. The molecule has 1 aliphatic rings. The van der Waals surface area contributed by atoms with Crippen molar-refractivity contribution < 1.29 is 9.59 Å². The Morgan fingerprint density at radius 1 is 1.41 bits per heavy atom. The van der Waals surface area contributed by atoms with E-state index in [1.807, 2.05) is 0 Å². The van der Waals surface area contributed by atoms with E-state index >= 15 is 0 Å². The zero-order valence-electron chi connectivity index (χ0n) is 9.11. The first-order valence-electron chi connectivity index (χ1n) is 4.97. The second-order valence-electron chi connectivity index (χ2n) is 3.70. The van der Waals surface area contributed by atoms with E-state index in [1.165, 1.54) is 9.80 Å². The van der Waals surface area contributed by atoms with Gasteiger partial charge in [-0.15, -0.1) is 11.6 Å². The van der Waals surface area contributed by atoms with Crippen LogP contribution in [0.25, 0.3) is 0 Å². The lowest BCUT2D eigenvalue weighted by Gasteiger charge is -2.33. The van der Waals surface area contributed by atoms with Crippen LogP contribution in [-0.2, 0) is 9.59 Å². The molecule has 1 aromatic carbocycles. The zero-order valence-corrected chi connectivity index (χ0v) is 10.6. The number of hydrogen-bond donors (Lipinski definition) is 0. The van der Waals surface area contributed by atoms with E-state index < -0.39 is 0 Å². The van der Waals surface area contributed by atoms with Crippen LogP contribution in [0.5, 0.6) is 0 Å². The molecule has 0 unspecified atom stereocenters. The Morgan fingerprint density at radius 2 is 2.12 bits per heavy atom. The second-order valence-corrected chi connectivity index (χ2v) is 4.40. The number of fused-ring (bicyclic) bond motifs is 1. The molecule has 0 radical (unpaired) electrons. The first-order valence-corrected chi connectivity index (χ1v) is 5.88. The molecule has 0 spiro atoms. The summed E-state index contributed by atoms with van der Waals surface area (Å²) in [5.74, 6) is -0.627. The fourth-order valence-corrected chi connectivity index (χ4v) is 2.06. The van der Waals surface area contributed by atoms with Gasteiger partial charge in [-0.25, -0.2) is 0 Å². The smallest absolute Gasteiger partial charge is 0.246 e. The molecule has 0 N–H and O–H groups in total. The highest BCUT2D eigenvalue weighted by Crippen LogP contribution is 2.35. The van der Waals surface area contributed by atoms with Gasteiger partial charge in [0.1, 0.15) is 12.4 Å². The summed E-state index contributed by atoms with van der Waals surface area (Å²) in [6.07, 6.45) is 0. The Kier molecular flexibility index (Phi) is 3.26. The van der Waals surface area contributed by atoms with Gasteiger partial charge in [0.2, 0.25) is 11.8 Å². The summed E-state index contributed by atoms with van der Waals surface area (Å²) < 4.78 is 0. The summed E-state index contributed by atoms with van der Waals surface area (Å²) >= 11 is 11.4. The molecule has 0 saturated heterocycles. The summed E-state index contributed by atoms with van der Waals surface area (Å²) in [5, 5.41) is 0.513. The van der Waals surface area contributed by atoms with Gasteiger partial charge >= 0.3 is 0 Å². The van der Waals surface area contributed by atoms with Crippen molar-refractivity contribution in [3.63, 3.8) is 0 Å². The van der Waals surface area contributed by atoms with Crippen molar-refractivity contribution in [3.05, 3.63) is 23.2 Å². The Labute approximate surface area is 109 Å². The molecule has 0 bridgehead atoms. The van der Waals surface area contributed by atoms with E-state index in [4.69, 9.17) is 23.2 Å². The molecule has 0 saturated carbocycles. The van der Waals surface area contributed by atoms with Gasteiger partial charge in [0.25, 0.3) is 0 Å². The number of rotatable bonds is 1. The highest BCUT2D eigenvalue weighted by Gasteiger charge is 2.30. The number of carbonyl (C=O) groups is 2. The molecule has 90 valence electrons. The van der Waals surface area contributed by atoms with Gasteiger partial charge in [0, 0.05) is 12.1 Å². The Balaban J connectivity index is 2.53. The average molecular weight is 273 g/mol. The molecule has 1 aromatic rings. The molecule has 0 atom stereocenters. The number of anilines is 2. The first kappa shape index (κ1) is 12.2. The summed E-state index contributed by atoms with van der Waals surface area (Å²) in [5.41, 5.74) is 1.27. The first-order chi connectivity index (χ1) is 8.04. The van der Waals surface area contributed by atoms with Crippen molar-refractivity contribution in [1.29, 1.82) is 0 Å². The van der Waals surface area contributed by atoms with E-state index in [2.05, 4.69) is 0 Å². The molecular weight excluding hydrogens is 263 g/mol. The van der Waals surface area contributed by atoms with Gasteiger partial charge in [-0.3, -0.25) is 14.5 Å². The van der Waals surface area contributed by atoms with Crippen LogP contribution in [0.2, 0.25) is 5.02 Å². The Bertz CT molecular complexity index is 490. The summed E-state index contributed by atoms with van der Waals surface area (Å²) in [6.45, 7) is -0.00457. The number of halogens is 2. The largest absolute Gasteiger partial charge is 0.312 e. The van der Waals surface area contributed by atoms with Gasteiger partial charge in [-0.1, -0.05) is 11.6 Å². The van der Waals surface area contributed by atoms with Crippen LogP contribution in [0.1, 0.15) is 0 Å². The van der Waals surface area contributed by atoms with E-state index in [-0.39, 0.29) is 24.2 Å². The number of amides is 2. The van der Waals surface area contributed by atoms with Crippen LogP contribution < -0.4 is 9.80 Å². The molecule has 6 heteroatoms. The van der Waals surface area contributed by atoms with Crippen LogP contribution >= 0.6 is 23.2 Å². The maximum absolute atomic E-state index is 11.7. The van der Waals surface area contributed by atoms with Crippen LogP contribution in [0.15, 0.2) is 18.2 Å². The lowest BCUT2D eigenvalue weighted by atomic mass is 10.1. The number of nitrogens with zero attached hydrogens (tertiary/aromatic N) is 2. The maximum Gasteiger partial charge on any atom is 0.246 e. The zero-order chi connectivity index (χ0) is 12.6. The molecular formula is C11H10Cl2N2O2. The van der Waals surface area contributed by atoms with Gasteiger partial charge in [-0.05, 0) is 18.2 Å². The van der Waals surface area contributed by atoms with Crippen molar-refractivity contribution in [2.45, 2.75) is 0 Å². The van der Waals surface area contributed by atoms with Gasteiger partial charge in [0.15, 0.2) is 0 Å². The summed E-state index contributed by atoms with van der Waals surface area (Å²) in [4.78, 5) is 26.3. The predicted octanol–water partition coefficient (Wildman–Crippen LogP) is 1.89. The minimum atomic E-state index is -0.309. The van der Waals surface area contributed by atoms with Crippen LogP contribution in [-0.4, -0.2) is 31.3 Å². The van der Waals surface area contributed by atoms with E-state index in [0.29, 0.717) is 16.4 Å². The topological polar surface area (TPSA) is 40.6 Å². The standard InChI is InChI=1S/C11H10Cl2N2O2/c1-14-8-3-2-7(13)4-9(8)15(6-11(14)17)10(16)5-12/h2-4H,5-6H2,1H3. The minimum absolute atomic E-state index is 0.00457. The molecule has 0 fully saturated rings. The highest BCUT2D eigenvalue weighted by molar-refractivity contribution is 6.32. The van der Waals surface area contributed by atoms with Gasteiger partial charge in [0.05, 0.1) is 11.4 Å². The van der Waals surface area contributed by atoms with E-state index in [0.717, 1.165) is 0 Å². The molecule has 2 rings (SSSR count). The number of benzene rings is 1. The monoisotopic (exact) mass is 272 g/mol. The summed E-state index contributed by atoms with van der Waals surface area (Å²) in [7, 11) is 1.66. The molecule has 0 aromatic heterocycles. The number of carbonyl (C=O) groups excluding carboxylic acids is 2. The number of likely N-dealkylation sites (N-methyl/N-ethyl adjacent to an activating group) is 1. The van der Waals surface area contributed by atoms with Gasteiger partial charge in [-0.2, -0.15) is 0 Å². The average Bonchev–Trinajstić information content (AvgIpc) is 2.32. The molecule has 0 aliphatic carbocycles. The molecule has 1 aliphatic heterocycles. The van der Waals surface area contributed by atoms with Crippen LogP contribution in [0, 0.1) is 0 Å². The Hall–Kier alpha value is -1.26. The number of alkyl halides is 1. The molecule has 17 heavy (non-hydrogen) atoms. The molecule has 4 nitrogen and oxygen atoms in total. The van der Waals surface area contributed by atoms with Crippen molar-refractivity contribution in [3.8, 4) is 0 Å². The fourth-order valence-electron chi connectivity index (χ4n) is 1.75. The van der Waals surface area contributed by atoms with Crippen molar-refractivity contribution >= 4 is 46.4 Å². The van der Waals surface area contributed by atoms with Gasteiger partial charge < -0.3 is 4.90 Å². The Morgan fingerprint density at radius 3 is 2.76 bits per heavy atom. The highest BCUT2D eigenvalue weighted by atomic mass is 35.5. The third-order valence-electron chi connectivity index (χ3n) is 2.67. The fraction of sp³-hybridized carbons (Fsp3) is 0.273. The predicted molar refractivity (Wildman–Crippen MR) is 67.9 cm³/mol. The number of hydrogen-bond acceptors (Lipinski definition) is 2. The van der Waals surface area contributed by atoms with Crippen LogP contribution in [0.4, 0.5) is 11.4 Å². The summed E-state index contributed by atoms with van der Waals surface area (Å²) in [6, 6.07) is 5.05. The van der Waals surface area contributed by atoms with Crippen molar-refractivity contribution in [1.82, 2.24) is 0 Å². The minimum Gasteiger partial charge on any atom is -0.312 e.